The summed E-state index contributed by atoms with van der Waals surface area (Å²) < 4.78 is 0. The molecule has 2 rings (SSSR count). The van der Waals surface area contributed by atoms with Crippen molar-refractivity contribution in [2.24, 2.45) is 5.92 Å². The van der Waals surface area contributed by atoms with E-state index in [2.05, 4.69) is 24.3 Å². The van der Waals surface area contributed by atoms with E-state index in [0.29, 0.717) is 5.75 Å². The van der Waals surface area contributed by atoms with Gasteiger partial charge in [-0.2, -0.15) is 11.8 Å². The van der Waals surface area contributed by atoms with Gasteiger partial charge in [0.05, 0.1) is 5.92 Å². The molecule has 0 spiro atoms. The van der Waals surface area contributed by atoms with Gasteiger partial charge in [-0.05, 0) is 30.4 Å². The topological polar surface area (TPSA) is 37.3 Å². The summed E-state index contributed by atoms with van der Waals surface area (Å²) in [5, 5.41) is 9.35. The molecule has 2 nitrogen and oxygen atoms in total. The van der Waals surface area contributed by atoms with E-state index >= 15 is 0 Å². The van der Waals surface area contributed by atoms with Crippen LogP contribution >= 0.6 is 11.8 Å². The molecule has 0 saturated heterocycles. The van der Waals surface area contributed by atoms with E-state index in [4.69, 9.17) is 0 Å². The molecule has 22 heavy (non-hydrogen) atoms. The Morgan fingerprint density at radius 3 is 2.14 bits per heavy atom. The Kier molecular flexibility index (Phi) is 7.04. The summed E-state index contributed by atoms with van der Waals surface area (Å²) >= 11 is 1.71. The first-order chi connectivity index (χ1) is 10.8. The van der Waals surface area contributed by atoms with Gasteiger partial charge in [-0.25, -0.2) is 0 Å². The molecular formula is C19H22O2S. The molecule has 0 amide bonds. The van der Waals surface area contributed by atoms with Gasteiger partial charge in [-0.15, -0.1) is 0 Å². The minimum Gasteiger partial charge on any atom is -0.481 e. The molecule has 1 unspecified atom stereocenters. The van der Waals surface area contributed by atoms with Crippen molar-refractivity contribution in [3.63, 3.8) is 0 Å². The van der Waals surface area contributed by atoms with E-state index in [1.807, 2.05) is 36.4 Å². The highest BCUT2D eigenvalue weighted by Gasteiger charge is 2.16. The van der Waals surface area contributed by atoms with Crippen molar-refractivity contribution in [2.75, 3.05) is 5.75 Å². The van der Waals surface area contributed by atoms with Crippen LogP contribution < -0.4 is 0 Å². The van der Waals surface area contributed by atoms with Crippen LogP contribution in [0.1, 0.15) is 24.0 Å². The molecule has 1 atom stereocenters. The Balaban J connectivity index is 1.72. The lowest BCUT2D eigenvalue weighted by Crippen LogP contribution is -2.16. The lowest BCUT2D eigenvalue weighted by Gasteiger charge is -2.12. The second-order valence-electron chi connectivity index (χ2n) is 5.41. The van der Waals surface area contributed by atoms with E-state index < -0.39 is 5.97 Å². The summed E-state index contributed by atoms with van der Waals surface area (Å²) in [4.78, 5) is 11.4. The smallest absolute Gasteiger partial charge is 0.307 e. The standard InChI is InChI=1S/C19H22O2S/c20-19(21)18(13-7-12-16-8-3-1-4-9-16)15-22-14-17-10-5-2-6-11-17/h1-6,8-11,18H,7,12-15H2,(H,20,21). The van der Waals surface area contributed by atoms with Crippen LogP contribution in [0.2, 0.25) is 0 Å². The van der Waals surface area contributed by atoms with Gasteiger partial charge in [0, 0.05) is 11.5 Å². The maximum atomic E-state index is 11.4. The number of carboxylic acid groups (broad SMARTS) is 1. The van der Waals surface area contributed by atoms with Crippen molar-refractivity contribution < 1.29 is 9.90 Å². The largest absolute Gasteiger partial charge is 0.481 e. The third-order valence-corrected chi connectivity index (χ3v) is 4.82. The fourth-order valence-electron chi connectivity index (χ4n) is 2.37. The average molecular weight is 314 g/mol. The summed E-state index contributed by atoms with van der Waals surface area (Å²) in [7, 11) is 0. The molecule has 0 aliphatic carbocycles. The van der Waals surface area contributed by atoms with Gasteiger partial charge in [-0.1, -0.05) is 60.7 Å². The van der Waals surface area contributed by atoms with Crippen molar-refractivity contribution in [2.45, 2.75) is 25.0 Å². The maximum Gasteiger partial charge on any atom is 0.307 e. The summed E-state index contributed by atoms with van der Waals surface area (Å²) in [5.41, 5.74) is 2.53. The first-order valence-corrected chi connectivity index (χ1v) is 8.79. The number of carboxylic acids is 1. The highest BCUT2D eigenvalue weighted by Crippen LogP contribution is 2.20. The molecule has 0 radical (unpaired) electrons. The number of aryl methyl sites for hydroxylation is 1. The molecular weight excluding hydrogens is 292 g/mol. The number of benzene rings is 2. The van der Waals surface area contributed by atoms with Gasteiger partial charge in [0.1, 0.15) is 0 Å². The van der Waals surface area contributed by atoms with Crippen LogP contribution in [0, 0.1) is 5.92 Å². The second-order valence-corrected chi connectivity index (χ2v) is 6.44. The molecule has 1 N–H and O–H groups in total. The summed E-state index contributed by atoms with van der Waals surface area (Å²) in [6.45, 7) is 0. The number of aliphatic carboxylic acids is 1. The van der Waals surface area contributed by atoms with Crippen molar-refractivity contribution >= 4 is 17.7 Å². The molecule has 2 aromatic rings. The lowest BCUT2D eigenvalue weighted by atomic mass is 10.0. The molecule has 0 aromatic heterocycles. The van der Waals surface area contributed by atoms with Crippen LogP contribution in [0.5, 0.6) is 0 Å². The van der Waals surface area contributed by atoms with E-state index in [-0.39, 0.29) is 5.92 Å². The van der Waals surface area contributed by atoms with Crippen molar-refractivity contribution in [3.8, 4) is 0 Å². The molecule has 0 aliphatic heterocycles. The van der Waals surface area contributed by atoms with Gasteiger partial charge in [-0.3, -0.25) is 4.79 Å². The Morgan fingerprint density at radius 2 is 1.55 bits per heavy atom. The van der Waals surface area contributed by atoms with Crippen LogP contribution in [0.3, 0.4) is 0 Å². The number of rotatable bonds is 9. The Bertz CT molecular complexity index is 509. The minimum atomic E-state index is -0.673. The maximum absolute atomic E-state index is 11.4. The third kappa shape index (κ3) is 5.94. The van der Waals surface area contributed by atoms with Crippen LogP contribution in [-0.2, 0) is 17.0 Å². The minimum absolute atomic E-state index is 0.252. The van der Waals surface area contributed by atoms with E-state index in [9.17, 15) is 9.90 Å². The zero-order valence-electron chi connectivity index (χ0n) is 12.7. The Labute approximate surface area is 136 Å². The number of hydrogen-bond donors (Lipinski definition) is 1. The SMILES string of the molecule is O=C(O)C(CCCc1ccccc1)CSCc1ccccc1. The van der Waals surface area contributed by atoms with Crippen molar-refractivity contribution in [3.05, 3.63) is 71.8 Å². The zero-order valence-corrected chi connectivity index (χ0v) is 13.5. The molecule has 0 fully saturated rings. The van der Waals surface area contributed by atoms with Gasteiger partial charge in [0.25, 0.3) is 0 Å². The van der Waals surface area contributed by atoms with E-state index in [1.165, 1.54) is 11.1 Å². The summed E-state index contributed by atoms with van der Waals surface area (Å²) in [6.07, 6.45) is 2.62. The lowest BCUT2D eigenvalue weighted by molar-refractivity contribution is -0.141. The molecule has 116 valence electrons. The van der Waals surface area contributed by atoms with Crippen molar-refractivity contribution in [1.29, 1.82) is 0 Å². The van der Waals surface area contributed by atoms with Gasteiger partial charge >= 0.3 is 5.97 Å². The predicted molar refractivity (Wildman–Crippen MR) is 93.1 cm³/mol. The molecule has 0 aliphatic rings. The van der Waals surface area contributed by atoms with Crippen LogP contribution in [0.15, 0.2) is 60.7 Å². The van der Waals surface area contributed by atoms with Crippen molar-refractivity contribution in [1.82, 2.24) is 0 Å². The van der Waals surface area contributed by atoms with Crippen LogP contribution in [0.4, 0.5) is 0 Å². The first-order valence-electron chi connectivity index (χ1n) is 7.64. The fourth-order valence-corrected chi connectivity index (χ4v) is 3.51. The highest BCUT2D eigenvalue weighted by atomic mass is 32.2. The van der Waals surface area contributed by atoms with Gasteiger partial charge in [0.15, 0.2) is 0 Å². The van der Waals surface area contributed by atoms with Gasteiger partial charge < -0.3 is 5.11 Å². The van der Waals surface area contributed by atoms with E-state index in [1.54, 1.807) is 11.8 Å². The Hall–Kier alpha value is -1.74. The zero-order chi connectivity index (χ0) is 15.6. The summed E-state index contributed by atoms with van der Waals surface area (Å²) in [6, 6.07) is 20.5. The third-order valence-electron chi connectivity index (χ3n) is 3.64. The molecule has 0 heterocycles. The normalized spacial score (nSPS) is 12.0. The first kappa shape index (κ1) is 16.6. The molecule has 0 saturated carbocycles. The number of thioether (sulfide) groups is 1. The number of hydrogen-bond acceptors (Lipinski definition) is 2. The van der Waals surface area contributed by atoms with Crippen LogP contribution in [-0.4, -0.2) is 16.8 Å². The van der Waals surface area contributed by atoms with E-state index in [0.717, 1.165) is 25.0 Å². The van der Waals surface area contributed by atoms with Crippen LogP contribution in [0.25, 0.3) is 0 Å². The number of carbonyl (C=O) groups is 1. The molecule has 2 aromatic carbocycles. The Morgan fingerprint density at radius 1 is 0.955 bits per heavy atom. The second kappa shape index (κ2) is 9.31. The highest BCUT2D eigenvalue weighted by molar-refractivity contribution is 7.98. The average Bonchev–Trinajstić information content (AvgIpc) is 2.55. The summed E-state index contributed by atoms with van der Waals surface area (Å²) in [5.74, 6) is 0.633. The fraction of sp³-hybridized carbons (Fsp3) is 0.316. The predicted octanol–water partition coefficient (Wildman–Crippen LogP) is 4.64. The monoisotopic (exact) mass is 314 g/mol. The molecule has 3 heteroatoms. The van der Waals surface area contributed by atoms with Gasteiger partial charge in [0.2, 0.25) is 0 Å². The molecule has 0 bridgehead atoms. The quantitative estimate of drug-likeness (QED) is 0.732.